The van der Waals surface area contributed by atoms with Crippen LogP contribution in [0.2, 0.25) is 0 Å². The van der Waals surface area contributed by atoms with E-state index in [-0.39, 0.29) is 29.9 Å². The molecule has 0 spiro atoms. The van der Waals surface area contributed by atoms with E-state index in [2.05, 4.69) is 6.58 Å². The van der Waals surface area contributed by atoms with Gasteiger partial charge in [0, 0.05) is 12.8 Å². The lowest BCUT2D eigenvalue weighted by Crippen LogP contribution is -2.33. The molecule has 0 aromatic heterocycles. The molecule has 1 heterocycles. The highest BCUT2D eigenvalue weighted by atomic mass is 16.5. The van der Waals surface area contributed by atoms with Crippen molar-refractivity contribution in [3.63, 3.8) is 0 Å². The fourth-order valence-corrected chi connectivity index (χ4v) is 1.78. The van der Waals surface area contributed by atoms with Gasteiger partial charge in [0.1, 0.15) is 17.5 Å². The van der Waals surface area contributed by atoms with Gasteiger partial charge in [0.2, 0.25) is 11.8 Å². The Labute approximate surface area is 114 Å². The highest BCUT2D eigenvalue weighted by Crippen LogP contribution is 2.21. The number of likely N-dealkylation sites (tertiary alicyclic amines) is 1. The molecule has 1 saturated heterocycles. The fraction of sp³-hybridized carbons (Fsp3) is 0.143. The number of carbonyl (C=O) groups excluding carboxylic acids is 3. The van der Waals surface area contributed by atoms with Crippen LogP contribution in [0.15, 0.2) is 36.5 Å². The molecule has 0 unspecified atom stereocenters. The van der Waals surface area contributed by atoms with E-state index in [4.69, 9.17) is 10.00 Å². The second-order valence-corrected chi connectivity index (χ2v) is 4.07. The first-order chi connectivity index (χ1) is 9.54. The number of imide groups is 1. The first-order valence-corrected chi connectivity index (χ1v) is 5.80. The number of nitrogens with zero attached hydrogens (tertiary/aromatic N) is 2. The molecule has 0 atom stereocenters. The van der Waals surface area contributed by atoms with Crippen LogP contribution in [0.25, 0.3) is 0 Å². The summed E-state index contributed by atoms with van der Waals surface area (Å²) in [6.45, 7) is 3.42. The average Bonchev–Trinajstić information content (AvgIpc) is 2.78. The number of hydrogen-bond acceptors (Lipinski definition) is 5. The number of para-hydroxylation sites is 1. The van der Waals surface area contributed by atoms with Gasteiger partial charge in [0.15, 0.2) is 0 Å². The van der Waals surface area contributed by atoms with Gasteiger partial charge >= 0.3 is 5.97 Å². The van der Waals surface area contributed by atoms with Gasteiger partial charge in [0.05, 0.1) is 5.56 Å². The van der Waals surface area contributed by atoms with Crippen molar-refractivity contribution in [2.24, 2.45) is 0 Å². The summed E-state index contributed by atoms with van der Waals surface area (Å²) in [5.41, 5.74) is -0.169. The number of esters is 1. The molecule has 0 N–H and O–H groups in total. The number of amides is 2. The Morgan fingerprint density at radius 1 is 1.25 bits per heavy atom. The van der Waals surface area contributed by atoms with Crippen LogP contribution >= 0.6 is 0 Å². The first-order valence-electron chi connectivity index (χ1n) is 5.80. The molecule has 1 fully saturated rings. The standard InChI is InChI=1S/C14H10N2O4/c1-9(16-12(17)6-7-13(16)18)14(19)20-11-5-3-2-4-10(11)8-15/h2-5H,1,6-7H2. The molecule has 100 valence electrons. The van der Waals surface area contributed by atoms with Crippen molar-refractivity contribution in [2.75, 3.05) is 0 Å². The van der Waals surface area contributed by atoms with E-state index in [1.807, 2.05) is 6.07 Å². The zero-order valence-electron chi connectivity index (χ0n) is 10.5. The maximum atomic E-state index is 11.9. The zero-order valence-corrected chi connectivity index (χ0v) is 10.5. The van der Waals surface area contributed by atoms with Gasteiger partial charge in [-0.2, -0.15) is 5.26 Å². The maximum Gasteiger partial charge on any atom is 0.360 e. The molecule has 1 aromatic rings. The summed E-state index contributed by atoms with van der Waals surface area (Å²) in [6.07, 6.45) is 0.111. The monoisotopic (exact) mass is 270 g/mol. The minimum atomic E-state index is -0.934. The van der Waals surface area contributed by atoms with E-state index in [0.29, 0.717) is 0 Å². The Hall–Kier alpha value is -2.94. The molecular weight excluding hydrogens is 260 g/mol. The molecule has 2 rings (SSSR count). The highest BCUT2D eigenvalue weighted by Gasteiger charge is 2.34. The summed E-state index contributed by atoms with van der Waals surface area (Å²) in [7, 11) is 0. The Morgan fingerprint density at radius 3 is 2.45 bits per heavy atom. The lowest BCUT2D eigenvalue weighted by molar-refractivity contribution is -0.142. The fourth-order valence-electron chi connectivity index (χ4n) is 1.78. The van der Waals surface area contributed by atoms with E-state index in [0.717, 1.165) is 4.90 Å². The van der Waals surface area contributed by atoms with Crippen molar-refractivity contribution in [1.29, 1.82) is 5.26 Å². The van der Waals surface area contributed by atoms with Crippen LogP contribution in [0.1, 0.15) is 18.4 Å². The molecule has 1 aromatic carbocycles. The third-order valence-electron chi connectivity index (χ3n) is 2.77. The van der Waals surface area contributed by atoms with Gasteiger partial charge in [0.25, 0.3) is 0 Å². The van der Waals surface area contributed by atoms with Gasteiger partial charge in [-0.15, -0.1) is 0 Å². The molecule has 6 nitrogen and oxygen atoms in total. The number of nitriles is 1. The van der Waals surface area contributed by atoms with Crippen molar-refractivity contribution in [3.05, 3.63) is 42.1 Å². The Morgan fingerprint density at radius 2 is 1.85 bits per heavy atom. The average molecular weight is 270 g/mol. The van der Waals surface area contributed by atoms with Crippen molar-refractivity contribution < 1.29 is 19.1 Å². The molecule has 20 heavy (non-hydrogen) atoms. The molecule has 0 bridgehead atoms. The van der Waals surface area contributed by atoms with Gasteiger partial charge < -0.3 is 4.74 Å². The normalized spacial score (nSPS) is 14.1. The molecule has 1 aliphatic heterocycles. The molecule has 6 heteroatoms. The Kier molecular flexibility index (Phi) is 3.62. The number of carbonyl (C=O) groups is 3. The van der Waals surface area contributed by atoms with Crippen molar-refractivity contribution >= 4 is 17.8 Å². The van der Waals surface area contributed by atoms with Crippen LogP contribution in [0.4, 0.5) is 0 Å². The van der Waals surface area contributed by atoms with Crippen LogP contribution in [-0.2, 0) is 14.4 Å². The van der Waals surface area contributed by atoms with E-state index < -0.39 is 17.8 Å². The van der Waals surface area contributed by atoms with Gasteiger partial charge in [-0.1, -0.05) is 18.7 Å². The second kappa shape index (κ2) is 5.36. The van der Waals surface area contributed by atoms with E-state index >= 15 is 0 Å². The summed E-state index contributed by atoms with van der Waals surface area (Å²) in [6, 6.07) is 8.02. The predicted octanol–water partition coefficient (Wildman–Crippen LogP) is 1.13. The topological polar surface area (TPSA) is 87.5 Å². The molecule has 1 aliphatic rings. The lowest BCUT2D eigenvalue weighted by atomic mass is 10.2. The number of hydrogen-bond donors (Lipinski definition) is 0. The van der Waals surface area contributed by atoms with Crippen molar-refractivity contribution in [2.45, 2.75) is 12.8 Å². The quantitative estimate of drug-likeness (QED) is 0.355. The second-order valence-electron chi connectivity index (χ2n) is 4.07. The third-order valence-corrected chi connectivity index (χ3v) is 2.77. The number of rotatable bonds is 3. The minimum Gasteiger partial charge on any atom is -0.420 e. The van der Waals surface area contributed by atoms with E-state index in [9.17, 15) is 14.4 Å². The molecule has 0 radical (unpaired) electrons. The lowest BCUT2D eigenvalue weighted by Gasteiger charge is -2.15. The number of ether oxygens (including phenoxy) is 1. The first kappa shape index (κ1) is 13.5. The number of benzene rings is 1. The highest BCUT2D eigenvalue weighted by molar-refractivity contribution is 6.09. The molecule has 0 aliphatic carbocycles. The predicted molar refractivity (Wildman–Crippen MR) is 67.0 cm³/mol. The van der Waals surface area contributed by atoms with Crippen LogP contribution in [-0.4, -0.2) is 22.7 Å². The van der Waals surface area contributed by atoms with Gasteiger partial charge in [-0.25, -0.2) is 9.69 Å². The molecule has 0 saturated carbocycles. The Balaban J connectivity index is 2.17. The maximum absolute atomic E-state index is 11.9. The summed E-state index contributed by atoms with van der Waals surface area (Å²) >= 11 is 0. The SMILES string of the molecule is C=C(C(=O)Oc1ccccc1C#N)N1C(=O)CCC1=O. The minimum absolute atomic E-state index is 0.0555. The van der Waals surface area contributed by atoms with Crippen LogP contribution in [0, 0.1) is 11.3 Å². The summed E-state index contributed by atoms with van der Waals surface area (Å²) in [5, 5.41) is 8.88. The molecular formula is C14H10N2O4. The van der Waals surface area contributed by atoms with Crippen molar-refractivity contribution in [1.82, 2.24) is 4.90 Å². The van der Waals surface area contributed by atoms with E-state index in [1.165, 1.54) is 12.1 Å². The van der Waals surface area contributed by atoms with Crippen LogP contribution < -0.4 is 4.74 Å². The van der Waals surface area contributed by atoms with Crippen molar-refractivity contribution in [3.8, 4) is 11.8 Å². The van der Waals surface area contributed by atoms with Gasteiger partial charge in [-0.3, -0.25) is 9.59 Å². The largest absolute Gasteiger partial charge is 0.420 e. The third kappa shape index (κ3) is 2.42. The summed E-state index contributed by atoms with van der Waals surface area (Å²) in [5.74, 6) is -1.84. The zero-order chi connectivity index (χ0) is 14.7. The van der Waals surface area contributed by atoms with E-state index in [1.54, 1.807) is 12.1 Å². The van der Waals surface area contributed by atoms with Gasteiger partial charge in [-0.05, 0) is 12.1 Å². The summed E-state index contributed by atoms with van der Waals surface area (Å²) < 4.78 is 5.00. The Bertz CT molecular complexity index is 641. The smallest absolute Gasteiger partial charge is 0.360 e. The molecule has 2 amide bonds. The van der Waals surface area contributed by atoms with Crippen LogP contribution in [0.5, 0.6) is 5.75 Å². The van der Waals surface area contributed by atoms with Crippen LogP contribution in [0.3, 0.4) is 0 Å². The summed E-state index contributed by atoms with van der Waals surface area (Å²) in [4.78, 5) is 35.6.